The lowest BCUT2D eigenvalue weighted by Crippen LogP contribution is -2.42. The Morgan fingerprint density at radius 1 is 1.12 bits per heavy atom. The summed E-state index contributed by atoms with van der Waals surface area (Å²) in [6.45, 7) is 3.67. The molecule has 0 unspecified atom stereocenters. The van der Waals surface area contributed by atoms with Gasteiger partial charge in [-0.05, 0) is 55.0 Å². The molecule has 2 aliphatic rings. The van der Waals surface area contributed by atoms with Crippen molar-refractivity contribution in [2.45, 2.75) is 32.2 Å². The summed E-state index contributed by atoms with van der Waals surface area (Å²) in [5.41, 5.74) is 3.52. The van der Waals surface area contributed by atoms with Crippen molar-refractivity contribution in [3.63, 3.8) is 0 Å². The third-order valence-corrected chi connectivity index (χ3v) is 5.55. The molecule has 5 nitrogen and oxygen atoms in total. The average molecular weight is 348 g/mol. The highest BCUT2D eigenvalue weighted by Gasteiger charge is 2.55. The van der Waals surface area contributed by atoms with Crippen molar-refractivity contribution in [1.29, 1.82) is 0 Å². The maximum Gasteiger partial charge on any atom is 0.325 e. The molecule has 1 fully saturated rings. The van der Waals surface area contributed by atoms with Gasteiger partial charge >= 0.3 is 6.03 Å². The van der Waals surface area contributed by atoms with Crippen molar-refractivity contribution >= 4 is 17.7 Å². The number of benzene rings is 2. The lowest BCUT2D eigenvalue weighted by Gasteiger charge is -2.22. The Labute approximate surface area is 152 Å². The molecular weight excluding hydrogens is 328 g/mol. The smallest absolute Gasteiger partial charge is 0.319 e. The number of carbonyl (C=O) groups excluding carboxylic acids is 3. The molecule has 0 saturated carbocycles. The Bertz CT molecular complexity index is 950. The van der Waals surface area contributed by atoms with E-state index in [0.717, 1.165) is 33.6 Å². The van der Waals surface area contributed by atoms with E-state index >= 15 is 0 Å². The van der Waals surface area contributed by atoms with Gasteiger partial charge in [0, 0.05) is 5.56 Å². The third kappa shape index (κ3) is 2.35. The largest absolute Gasteiger partial charge is 0.325 e. The predicted molar refractivity (Wildman–Crippen MR) is 96.9 cm³/mol. The van der Waals surface area contributed by atoms with E-state index < -0.39 is 11.6 Å². The first kappa shape index (κ1) is 16.5. The molecule has 1 spiro atoms. The van der Waals surface area contributed by atoms with Gasteiger partial charge in [0.25, 0.3) is 5.91 Å². The van der Waals surface area contributed by atoms with Crippen molar-refractivity contribution in [3.05, 3.63) is 70.3 Å². The van der Waals surface area contributed by atoms with Crippen LogP contribution < -0.4 is 5.32 Å². The Morgan fingerprint density at radius 3 is 2.65 bits per heavy atom. The molecule has 0 aromatic heterocycles. The zero-order chi connectivity index (χ0) is 18.5. The van der Waals surface area contributed by atoms with E-state index in [9.17, 15) is 14.4 Å². The SMILES string of the molecule is Cc1ccc(C(=O)CN2C(=O)N[C@@]3(CCc4ccccc43)C2=O)cc1C. The van der Waals surface area contributed by atoms with Crippen LogP contribution in [0.15, 0.2) is 42.5 Å². The van der Waals surface area contributed by atoms with Crippen LogP contribution in [0.25, 0.3) is 0 Å². The zero-order valence-electron chi connectivity index (χ0n) is 14.8. The molecule has 132 valence electrons. The molecule has 1 aliphatic heterocycles. The second-order valence-electron chi connectivity index (χ2n) is 7.11. The summed E-state index contributed by atoms with van der Waals surface area (Å²) in [7, 11) is 0. The minimum absolute atomic E-state index is 0.236. The van der Waals surface area contributed by atoms with Gasteiger partial charge in [0.1, 0.15) is 5.54 Å². The van der Waals surface area contributed by atoms with Crippen molar-refractivity contribution in [2.75, 3.05) is 6.54 Å². The Morgan fingerprint density at radius 2 is 1.88 bits per heavy atom. The molecule has 2 aromatic carbocycles. The number of ketones is 1. The maximum atomic E-state index is 13.1. The molecule has 1 aliphatic carbocycles. The summed E-state index contributed by atoms with van der Waals surface area (Å²) in [4.78, 5) is 39.3. The number of rotatable bonds is 3. The van der Waals surface area contributed by atoms with Crippen LogP contribution in [0, 0.1) is 13.8 Å². The van der Waals surface area contributed by atoms with E-state index in [1.807, 2.05) is 44.2 Å². The van der Waals surface area contributed by atoms with E-state index in [2.05, 4.69) is 5.32 Å². The molecule has 1 atom stereocenters. The third-order valence-electron chi connectivity index (χ3n) is 5.55. The Balaban J connectivity index is 1.61. The maximum absolute atomic E-state index is 13.1. The quantitative estimate of drug-likeness (QED) is 0.685. The molecule has 1 saturated heterocycles. The average Bonchev–Trinajstić information content (AvgIpc) is 3.11. The molecule has 2 aromatic rings. The van der Waals surface area contributed by atoms with Gasteiger partial charge in [0.2, 0.25) is 0 Å². The molecule has 5 heteroatoms. The molecule has 26 heavy (non-hydrogen) atoms. The number of hydrogen-bond donors (Lipinski definition) is 1. The van der Waals surface area contributed by atoms with Gasteiger partial charge < -0.3 is 5.32 Å². The first-order valence-electron chi connectivity index (χ1n) is 8.75. The number of nitrogens with zero attached hydrogens (tertiary/aromatic N) is 1. The number of carbonyl (C=O) groups is 3. The van der Waals surface area contributed by atoms with Gasteiger partial charge in [-0.2, -0.15) is 0 Å². The van der Waals surface area contributed by atoms with Crippen LogP contribution in [-0.4, -0.2) is 29.2 Å². The molecule has 1 heterocycles. The van der Waals surface area contributed by atoms with E-state index in [1.165, 1.54) is 0 Å². The van der Waals surface area contributed by atoms with Crippen molar-refractivity contribution in [3.8, 4) is 0 Å². The Hall–Kier alpha value is -2.95. The fourth-order valence-electron chi connectivity index (χ4n) is 3.88. The van der Waals surface area contributed by atoms with Gasteiger partial charge in [-0.3, -0.25) is 14.5 Å². The molecule has 0 radical (unpaired) electrons. The van der Waals surface area contributed by atoms with Crippen LogP contribution in [0.3, 0.4) is 0 Å². The number of fused-ring (bicyclic) bond motifs is 2. The van der Waals surface area contributed by atoms with Crippen LogP contribution >= 0.6 is 0 Å². The van der Waals surface area contributed by atoms with Gasteiger partial charge in [-0.1, -0.05) is 36.4 Å². The van der Waals surface area contributed by atoms with Crippen LogP contribution in [0.1, 0.15) is 39.0 Å². The first-order chi connectivity index (χ1) is 12.4. The highest BCUT2D eigenvalue weighted by molar-refractivity contribution is 6.11. The summed E-state index contributed by atoms with van der Waals surface area (Å²) >= 11 is 0. The van der Waals surface area contributed by atoms with E-state index in [1.54, 1.807) is 12.1 Å². The summed E-state index contributed by atoms with van der Waals surface area (Å²) in [5, 5.41) is 2.85. The lowest BCUT2D eigenvalue weighted by molar-refractivity contribution is -0.131. The monoisotopic (exact) mass is 348 g/mol. The fraction of sp³-hybridized carbons (Fsp3) is 0.286. The molecule has 0 bridgehead atoms. The molecular formula is C21H20N2O3. The number of nitrogens with one attached hydrogen (secondary N) is 1. The number of hydrogen-bond acceptors (Lipinski definition) is 3. The summed E-state index contributed by atoms with van der Waals surface area (Å²) in [6, 6.07) is 12.6. The normalized spacial score (nSPS) is 21.2. The van der Waals surface area contributed by atoms with Crippen LogP contribution in [0.2, 0.25) is 0 Å². The first-order valence-corrected chi connectivity index (χ1v) is 8.75. The number of urea groups is 1. The molecule has 1 N–H and O–H groups in total. The summed E-state index contributed by atoms with van der Waals surface area (Å²) < 4.78 is 0. The van der Waals surface area contributed by atoms with Gasteiger partial charge in [0.05, 0.1) is 6.54 Å². The standard InChI is InChI=1S/C21H20N2O3/c1-13-7-8-16(11-14(13)2)18(24)12-23-19(25)21(22-20(23)26)10-9-15-5-3-4-6-17(15)21/h3-8,11H,9-10,12H2,1-2H3,(H,22,26)/t21-/m1/s1. The highest BCUT2D eigenvalue weighted by Crippen LogP contribution is 2.41. The highest BCUT2D eigenvalue weighted by atomic mass is 16.2. The number of amides is 3. The van der Waals surface area contributed by atoms with Crippen LogP contribution in [0.4, 0.5) is 4.79 Å². The summed E-state index contributed by atoms with van der Waals surface area (Å²) in [5.74, 6) is -0.565. The predicted octanol–water partition coefficient (Wildman–Crippen LogP) is 2.88. The number of Topliss-reactive ketones (excluding diaryl/α,β-unsaturated/α-hetero) is 1. The second-order valence-corrected chi connectivity index (χ2v) is 7.11. The minimum atomic E-state index is -1.02. The molecule has 4 rings (SSSR count). The molecule has 3 amide bonds. The van der Waals surface area contributed by atoms with Crippen LogP contribution in [-0.2, 0) is 16.8 Å². The Kier molecular flexibility index (Phi) is 3.68. The topological polar surface area (TPSA) is 66.5 Å². The number of imide groups is 1. The minimum Gasteiger partial charge on any atom is -0.319 e. The van der Waals surface area contributed by atoms with E-state index in [-0.39, 0.29) is 18.2 Å². The lowest BCUT2D eigenvalue weighted by atomic mass is 9.92. The van der Waals surface area contributed by atoms with E-state index in [0.29, 0.717) is 12.0 Å². The van der Waals surface area contributed by atoms with Gasteiger partial charge in [-0.25, -0.2) is 4.79 Å². The number of aryl methyl sites for hydroxylation is 3. The van der Waals surface area contributed by atoms with Gasteiger partial charge in [-0.15, -0.1) is 0 Å². The zero-order valence-corrected chi connectivity index (χ0v) is 14.8. The summed E-state index contributed by atoms with van der Waals surface area (Å²) in [6.07, 6.45) is 1.27. The van der Waals surface area contributed by atoms with Crippen molar-refractivity contribution < 1.29 is 14.4 Å². The van der Waals surface area contributed by atoms with Crippen molar-refractivity contribution in [1.82, 2.24) is 10.2 Å². The second kappa shape index (κ2) is 5.80. The van der Waals surface area contributed by atoms with Crippen LogP contribution in [0.5, 0.6) is 0 Å². The fourth-order valence-corrected chi connectivity index (χ4v) is 3.88. The van der Waals surface area contributed by atoms with Crippen molar-refractivity contribution in [2.24, 2.45) is 0 Å². The van der Waals surface area contributed by atoms with E-state index in [4.69, 9.17) is 0 Å². The van der Waals surface area contributed by atoms with Gasteiger partial charge in [0.15, 0.2) is 5.78 Å².